The molecular weight excluding hydrogens is 779 g/mol. The van der Waals surface area contributed by atoms with E-state index in [1.165, 1.54) is 77.4 Å². The molecule has 0 spiro atoms. The van der Waals surface area contributed by atoms with E-state index in [0.717, 1.165) is 68.1 Å². The zero-order chi connectivity index (χ0) is 43.6. The van der Waals surface area contributed by atoms with Crippen LogP contribution in [0.1, 0.15) is 77.6 Å². The molecular formula is C59H49BN2O2. The summed E-state index contributed by atoms with van der Waals surface area (Å²) in [4.78, 5) is 0. The van der Waals surface area contributed by atoms with Gasteiger partial charge >= 0.3 is 0 Å². The molecule has 1 aliphatic heterocycles. The van der Waals surface area contributed by atoms with E-state index in [-0.39, 0.29) is 16.2 Å². The summed E-state index contributed by atoms with van der Waals surface area (Å²) in [6, 6.07) is 52.1. The number of furan rings is 2. The number of fused-ring (bicyclic) bond motifs is 14. The SMILES string of the molecule is CC(C)(C)c1ccc(Nc2cc3oc4ccc(C(C)(C)C)cc4c3cc2-c2ccc3c4cc5oc6ccccc6c5cc4n4c3c2Bc2cc3c(cc2-4)C(C)(C)c2ccccc2-3)cc1. The lowest BCUT2D eigenvalue weighted by atomic mass is 9.58. The van der Waals surface area contributed by atoms with Gasteiger partial charge in [-0.15, -0.1) is 0 Å². The summed E-state index contributed by atoms with van der Waals surface area (Å²) < 4.78 is 15.8. The standard InChI is InChI=1S/C59H49BN2O2/c1-57(2,3)32-17-20-34(21-18-32)61-48-31-54-43(42-25-33(58(4,5)6)19-24-52(42)64-54)26-40(48)37-22-23-38-41-29-53-44(36-14-10-12-16-51(36)63-53)28-49(41)62-50-30-46-39(27-47(50)60-55(37)56(38)62)35-13-9-11-15-45(35)59(46,7)8/h9-31,60-61H,1-8H3. The third-order valence-electron chi connectivity index (χ3n) is 14.7. The summed E-state index contributed by atoms with van der Waals surface area (Å²) in [5, 5.41) is 10.9. The lowest BCUT2D eigenvalue weighted by Gasteiger charge is -2.27. The number of hydrogen-bond donors (Lipinski definition) is 1. The molecule has 1 aliphatic carbocycles. The molecule has 310 valence electrons. The highest BCUT2D eigenvalue weighted by atomic mass is 16.3. The van der Waals surface area contributed by atoms with Crippen molar-refractivity contribution in [3.63, 3.8) is 0 Å². The molecule has 2 aliphatic rings. The highest BCUT2D eigenvalue weighted by Crippen LogP contribution is 2.50. The van der Waals surface area contributed by atoms with Crippen LogP contribution in [0.25, 0.3) is 93.6 Å². The summed E-state index contributed by atoms with van der Waals surface area (Å²) in [5.41, 5.74) is 22.4. The van der Waals surface area contributed by atoms with Crippen LogP contribution in [-0.2, 0) is 16.2 Å². The van der Waals surface area contributed by atoms with E-state index < -0.39 is 0 Å². The molecule has 11 aromatic rings. The summed E-state index contributed by atoms with van der Waals surface area (Å²) in [5.74, 6) is 0. The van der Waals surface area contributed by atoms with Crippen molar-refractivity contribution in [2.45, 2.75) is 71.6 Å². The number of anilines is 2. The first-order chi connectivity index (χ1) is 30.7. The molecule has 0 atom stereocenters. The predicted octanol–water partition coefficient (Wildman–Crippen LogP) is 14.6. The highest BCUT2D eigenvalue weighted by Gasteiger charge is 2.38. The van der Waals surface area contributed by atoms with Gasteiger partial charge in [0.15, 0.2) is 7.28 Å². The van der Waals surface area contributed by atoms with Crippen molar-refractivity contribution in [1.29, 1.82) is 0 Å². The zero-order valence-corrected chi connectivity index (χ0v) is 37.7. The molecule has 4 heterocycles. The van der Waals surface area contributed by atoms with Crippen molar-refractivity contribution < 1.29 is 8.83 Å². The summed E-state index contributed by atoms with van der Waals surface area (Å²) in [6.07, 6.45) is 0. The Bertz CT molecular complexity index is 3820. The molecule has 0 saturated heterocycles. The molecule has 0 radical (unpaired) electrons. The molecule has 64 heavy (non-hydrogen) atoms. The lowest BCUT2D eigenvalue weighted by molar-refractivity contribution is 0.590. The van der Waals surface area contributed by atoms with Crippen molar-refractivity contribution >= 4 is 95.3 Å². The molecule has 0 bridgehead atoms. The third kappa shape index (κ3) is 5.24. The summed E-state index contributed by atoms with van der Waals surface area (Å²) in [6.45, 7) is 18.4. The topological polar surface area (TPSA) is 43.2 Å². The Morgan fingerprint density at radius 3 is 1.98 bits per heavy atom. The zero-order valence-electron chi connectivity index (χ0n) is 37.7. The van der Waals surface area contributed by atoms with E-state index in [1.54, 1.807) is 0 Å². The number of para-hydroxylation sites is 1. The largest absolute Gasteiger partial charge is 0.456 e. The molecule has 5 heteroatoms. The average molecular weight is 829 g/mol. The third-order valence-corrected chi connectivity index (χ3v) is 14.7. The number of rotatable bonds is 3. The van der Waals surface area contributed by atoms with Gasteiger partial charge in [-0.25, -0.2) is 0 Å². The fourth-order valence-electron chi connectivity index (χ4n) is 11.2. The van der Waals surface area contributed by atoms with Gasteiger partial charge in [-0.05, 0) is 110 Å². The fourth-order valence-corrected chi connectivity index (χ4v) is 11.2. The summed E-state index contributed by atoms with van der Waals surface area (Å²) in [7, 11) is 0.797. The molecule has 0 saturated carbocycles. The van der Waals surface area contributed by atoms with Gasteiger partial charge in [-0.1, -0.05) is 140 Å². The molecule has 0 amide bonds. The molecule has 0 unspecified atom stereocenters. The minimum atomic E-state index is -0.125. The first-order valence-electron chi connectivity index (χ1n) is 22.8. The Morgan fingerprint density at radius 2 is 1.19 bits per heavy atom. The average Bonchev–Trinajstić information content (AvgIpc) is 3.98. The van der Waals surface area contributed by atoms with Crippen LogP contribution in [0.5, 0.6) is 0 Å². The van der Waals surface area contributed by atoms with Gasteiger partial charge in [0.25, 0.3) is 0 Å². The molecule has 8 aromatic carbocycles. The second-order valence-electron chi connectivity index (χ2n) is 21.1. The van der Waals surface area contributed by atoms with Crippen LogP contribution in [-0.4, -0.2) is 11.8 Å². The fraction of sp³-hybridized carbons (Fsp3) is 0.186. The molecule has 3 aromatic heterocycles. The van der Waals surface area contributed by atoms with Crippen LogP contribution >= 0.6 is 0 Å². The van der Waals surface area contributed by atoms with Gasteiger partial charge in [0, 0.05) is 66.3 Å². The predicted molar refractivity (Wildman–Crippen MR) is 272 cm³/mol. The number of aromatic nitrogens is 1. The second kappa shape index (κ2) is 12.6. The maximum Gasteiger partial charge on any atom is 0.198 e. The Balaban J connectivity index is 1.11. The van der Waals surface area contributed by atoms with Crippen molar-refractivity contribution in [2.24, 2.45) is 0 Å². The van der Waals surface area contributed by atoms with Crippen molar-refractivity contribution in [2.75, 3.05) is 5.32 Å². The van der Waals surface area contributed by atoms with E-state index in [4.69, 9.17) is 8.83 Å². The Morgan fingerprint density at radius 1 is 0.500 bits per heavy atom. The van der Waals surface area contributed by atoms with E-state index in [0.29, 0.717) is 0 Å². The van der Waals surface area contributed by atoms with E-state index in [9.17, 15) is 0 Å². The molecule has 4 nitrogen and oxygen atoms in total. The second-order valence-corrected chi connectivity index (χ2v) is 21.1. The maximum atomic E-state index is 6.69. The van der Waals surface area contributed by atoms with Crippen molar-refractivity contribution in [3.05, 3.63) is 162 Å². The van der Waals surface area contributed by atoms with Gasteiger partial charge in [0.05, 0.1) is 11.2 Å². The number of benzene rings is 8. The van der Waals surface area contributed by atoms with E-state index in [1.807, 2.05) is 0 Å². The Hall–Kier alpha value is -6.98. The van der Waals surface area contributed by atoms with E-state index in [2.05, 4.69) is 205 Å². The van der Waals surface area contributed by atoms with Crippen molar-refractivity contribution in [1.82, 2.24) is 4.57 Å². The van der Waals surface area contributed by atoms with Crippen LogP contribution < -0.4 is 16.2 Å². The van der Waals surface area contributed by atoms with Gasteiger partial charge in [0.2, 0.25) is 0 Å². The Labute approximate surface area is 373 Å². The number of hydrogen-bond acceptors (Lipinski definition) is 3. The molecule has 1 N–H and O–H groups in total. The van der Waals surface area contributed by atoms with Gasteiger partial charge in [-0.2, -0.15) is 0 Å². The minimum Gasteiger partial charge on any atom is -0.456 e. The monoisotopic (exact) mass is 828 g/mol. The van der Waals surface area contributed by atoms with Crippen LogP contribution in [0.4, 0.5) is 11.4 Å². The normalized spacial score (nSPS) is 14.2. The first-order valence-corrected chi connectivity index (χ1v) is 22.8. The quantitative estimate of drug-likeness (QED) is 0.180. The van der Waals surface area contributed by atoms with Crippen LogP contribution in [0, 0.1) is 0 Å². The van der Waals surface area contributed by atoms with Crippen LogP contribution in [0.15, 0.2) is 148 Å². The van der Waals surface area contributed by atoms with E-state index >= 15 is 0 Å². The molecule has 0 fully saturated rings. The Kier molecular flexibility index (Phi) is 7.40. The first kappa shape index (κ1) is 37.6. The molecule has 13 rings (SSSR count). The van der Waals surface area contributed by atoms with Gasteiger partial charge in [0.1, 0.15) is 22.3 Å². The minimum absolute atomic E-state index is 0.000561. The van der Waals surface area contributed by atoms with Gasteiger partial charge in [-0.3, -0.25) is 0 Å². The van der Waals surface area contributed by atoms with Crippen molar-refractivity contribution in [3.8, 4) is 27.9 Å². The van der Waals surface area contributed by atoms with Crippen LogP contribution in [0.2, 0.25) is 0 Å². The number of nitrogens with one attached hydrogen (secondary N) is 1. The van der Waals surface area contributed by atoms with Gasteiger partial charge < -0.3 is 18.7 Å². The van der Waals surface area contributed by atoms with Crippen LogP contribution in [0.3, 0.4) is 0 Å². The highest BCUT2D eigenvalue weighted by molar-refractivity contribution is 6.73. The number of nitrogens with zero attached hydrogens (tertiary/aromatic N) is 1. The lowest BCUT2D eigenvalue weighted by Crippen LogP contribution is -2.37. The smallest absolute Gasteiger partial charge is 0.198 e. The maximum absolute atomic E-state index is 6.69. The summed E-state index contributed by atoms with van der Waals surface area (Å²) >= 11 is 0.